The van der Waals surface area contributed by atoms with Crippen molar-refractivity contribution in [2.45, 2.75) is 11.3 Å². The van der Waals surface area contributed by atoms with Gasteiger partial charge in [0, 0.05) is 17.8 Å². The highest BCUT2D eigenvalue weighted by Gasteiger charge is 2.16. The van der Waals surface area contributed by atoms with Crippen molar-refractivity contribution < 1.29 is 17.6 Å². The summed E-state index contributed by atoms with van der Waals surface area (Å²) in [6.07, 6.45) is 0.222. The molecule has 0 bridgehead atoms. The largest absolute Gasteiger partial charge is 0.322 e. The predicted molar refractivity (Wildman–Crippen MR) is 106 cm³/mol. The summed E-state index contributed by atoms with van der Waals surface area (Å²) in [4.78, 5) is 12.3. The summed E-state index contributed by atoms with van der Waals surface area (Å²) < 4.78 is 41.1. The fraction of sp³-hybridized carbons (Fsp3) is 0.0952. The molecule has 3 aromatic carbocycles. The lowest BCUT2D eigenvalue weighted by atomic mass is 10.1. The van der Waals surface area contributed by atoms with Crippen LogP contribution in [0.15, 0.2) is 83.8 Å². The molecule has 0 fully saturated rings. The van der Waals surface area contributed by atoms with Crippen LogP contribution in [-0.4, -0.2) is 20.9 Å². The fourth-order valence-corrected chi connectivity index (χ4v) is 3.71. The Kier molecular flexibility index (Phi) is 6.18. The van der Waals surface area contributed by atoms with Crippen LogP contribution >= 0.6 is 0 Å². The molecule has 3 aromatic rings. The van der Waals surface area contributed by atoms with Gasteiger partial charge in [-0.3, -0.25) is 4.79 Å². The Morgan fingerprint density at radius 1 is 0.893 bits per heavy atom. The van der Waals surface area contributed by atoms with Crippen LogP contribution < -0.4 is 10.0 Å². The molecule has 1 amide bonds. The van der Waals surface area contributed by atoms with Crippen molar-refractivity contribution in [3.05, 3.63) is 95.8 Å². The summed E-state index contributed by atoms with van der Waals surface area (Å²) in [5.74, 6) is -0.782. The average Bonchev–Trinajstić information content (AvgIpc) is 2.70. The molecular weight excluding hydrogens is 379 g/mol. The second kappa shape index (κ2) is 8.77. The first-order valence-electron chi connectivity index (χ1n) is 8.65. The van der Waals surface area contributed by atoms with Crippen LogP contribution in [0.4, 0.5) is 10.1 Å². The number of carbonyl (C=O) groups is 1. The number of hydrogen-bond donors (Lipinski definition) is 2. The second-order valence-electron chi connectivity index (χ2n) is 6.09. The number of nitrogens with one attached hydrogen (secondary N) is 2. The van der Waals surface area contributed by atoms with Gasteiger partial charge in [-0.1, -0.05) is 42.5 Å². The molecule has 0 aliphatic heterocycles. The number of sulfonamides is 1. The van der Waals surface area contributed by atoms with Crippen molar-refractivity contribution >= 4 is 21.6 Å². The zero-order valence-corrected chi connectivity index (χ0v) is 15.7. The number of para-hydroxylation sites is 1. The maximum atomic E-state index is 13.6. The van der Waals surface area contributed by atoms with Crippen molar-refractivity contribution in [3.63, 3.8) is 0 Å². The Labute approximate surface area is 163 Å². The minimum atomic E-state index is -3.82. The van der Waals surface area contributed by atoms with Crippen LogP contribution in [0.3, 0.4) is 0 Å². The van der Waals surface area contributed by atoms with Crippen LogP contribution in [0.25, 0.3) is 0 Å². The lowest BCUT2D eigenvalue weighted by molar-refractivity contribution is 0.102. The summed E-state index contributed by atoms with van der Waals surface area (Å²) in [7, 11) is -3.82. The van der Waals surface area contributed by atoms with Crippen LogP contribution in [-0.2, 0) is 16.4 Å². The van der Waals surface area contributed by atoms with E-state index in [1.165, 1.54) is 30.3 Å². The van der Waals surface area contributed by atoms with Crippen molar-refractivity contribution in [1.82, 2.24) is 4.72 Å². The van der Waals surface area contributed by atoms with Crippen LogP contribution in [0.1, 0.15) is 15.9 Å². The SMILES string of the molecule is O=C(Nc1ccccc1)c1cccc(S(=O)(=O)NCCc2ccccc2F)c1. The van der Waals surface area contributed by atoms with E-state index in [9.17, 15) is 17.6 Å². The number of benzene rings is 3. The van der Waals surface area contributed by atoms with E-state index in [4.69, 9.17) is 0 Å². The first kappa shape index (κ1) is 19.7. The number of rotatable bonds is 7. The van der Waals surface area contributed by atoms with Gasteiger partial charge in [0.15, 0.2) is 0 Å². The molecule has 0 aliphatic rings. The van der Waals surface area contributed by atoms with E-state index in [-0.39, 0.29) is 29.2 Å². The van der Waals surface area contributed by atoms with E-state index in [2.05, 4.69) is 10.0 Å². The smallest absolute Gasteiger partial charge is 0.255 e. The van der Waals surface area contributed by atoms with Gasteiger partial charge in [0.25, 0.3) is 5.91 Å². The van der Waals surface area contributed by atoms with Gasteiger partial charge in [0.05, 0.1) is 4.90 Å². The van der Waals surface area contributed by atoms with Crippen molar-refractivity contribution in [1.29, 1.82) is 0 Å². The van der Waals surface area contributed by atoms with Crippen molar-refractivity contribution in [2.75, 3.05) is 11.9 Å². The number of halogens is 1. The number of anilines is 1. The summed E-state index contributed by atoms with van der Waals surface area (Å²) in [6.45, 7) is 0.0453. The van der Waals surface area contributed by atoms with E-state index in [1.807, 2.05) is 6.07 Å². The molecular formula is C21H19FN2O3S. The third kappa shape index (κ3) is 5.03. The Bertz CT molecular complexity index is 1070. The Balaban J connectivity index is 1.68. The molecule has 0 aromatic heterocycles. The first-order valence-corrected chi connectivity index (χ1v) is 10.1. The average molecular weight is 398 g/mol. The summed E-state index contributed by atoms with van der Waals surface area (Å²) in [6, 6.07) is 20.9. The monoisotopic (exact) mass is 398 g/mol. The molecule has 0 unspecified atom stereocenters. The summed E-state index contributed by atoms with van der Waals surface area (Å²) in [5, 5.41) is 2.71. The predicted octanol–water partition coefficient (Wildman–Crippen LogP) is 3.60. The van der Waals surface area contributed by atoms with E-state index in [1.54, 1.807) is 42.5 Å². The van der Waals surface area contributed by atoms with Crippen molar-refractivity contribution in [2.24, 2.45) is 0 Å². The van der Waals surface area contributed by atoms with Gasteiger partial charge in [-0.15, -0.1) is 0 Å². The van der Waals surface area contributed by atoms with Gasteiger partial charge < -0.3 is 5.32 Å². The molecule has 28 heavy (non-hydrogen) atoms. The van der Waals surface area contributed by atoms with Crippen LogP contribution in [0.2, 0.25) is 0 Å². The first-order chi connectivity index (χ1) is 13.5. The van der Waals surface area contributed by atoms with E-state index >= 15 is 0 Å². The summed E-state index contributed by atoms with van der Waals surface area (Å²) in [5.41, 5.74) is 1.27. The number of amides is 1. The molecule has 0 atom stereocenters. The Hall–Kier alpha value is -3.03. The standard InChI is InChI=1S/C21H19FN2O3S/c22-20-12-5-4-7-16(20)13-14-23-28(26,27)19-11-6-8-17(15-19)21(25)24-18-9-2-1-3-10-18/h1-12,15,23H,13-14H2,(H,24,25). The summed E-state index contributed by atoms with van der Waals surface area (Å²) >= 11 is 0. The van der Waals surface area contributed by atoms with E-state index in [0.29, 0.717) is 11.3 Å². The van der Waals surface area contributed by atoms with E-state index < -0.39 is 15.9 Å². The maximum absolute atomic E-state index is 13.6. The molecule has 0 saturated heterocycles. The lowest BCUT2D eigenvalue weighted by Crippen LogP contribution is -2.26. The van der Waals surface area contributed by atoms with Gasteiger partial charge in [0.2, 0.25) is 10.0 Å². The molecule has 0 heterocycles. The molecule has 0 spiro atoms. The van der Waals surface area contributed by atoms with E-state index in [0.717, 1.165) is 0 Å². The van der Waals surface area contributed by atoms with Gasteiger partial charge in [-0.25, -0.2) is 17.5 Å². The second-order valence-corrected chi connectivity index (χ2v) is 7.85. The van der Waals surface area contributed by atoms with Gasteiger partial charge in [0.1, 0.15) is 5.82 Å². The highest BCUT2D eigenvalue weighted by Crippen LogP contribution is 2.14. The molecule has 0 aliphatic carbocycles. The quantitative estimate of drug-likeness (QED) is 0.639. The third-order valence-electron chi connectivity index (χ3n) is 4.08. The lowest BCUT2D eigenvalue weighted by Gasteiger charge is -2.09. The van der Waals surface area contributed by atoms with Gasteiger partial charge in [-0.05, 0) is 48.4 Å². The highest BCUT2D eigenvalue weighted by atomic mass is 32.2. The molecule has 7 heteroatoms. The maximum Gasteiger partial charge on any atom is 0.255 e. The third-order valence-corrected chi connectivity index (χ3v) is 5.54. The molecule has 0 saturated carbocycles. The Morgan fingerprint density at radius 3 is 2.36 bits per heavy atom. The number of carbonyl (C=O) groups excluding carboxylic acids is 1. The molecule has 0 radical (unpaired) electrons. The number of hydrogen-bond acceptors (Lipinski definition) is 3. The normalized spacial score (nSPS) is 11.2. The molecule has 5 nitrogen and oxygen atoms in total. The van der Waals surface area contributed by atoms with Crippen molar-refractivity contribution in [3.8, 4) is 0 Å². The minimum Gasteiger partial charge on any atom is -0.322 e. The zero-order chi connectivity index (χ0) is 20.0. The van der Waals surface area contributed by atoms with Crippen LogP contribution in [0.5, 0.6) is 0 Å². The minimum absolute atomic E-state index is 0.0262. The molecule has 2 N–H and O–H groups in total. The van der Waals surface area contributed by atoms with Crippen LogP contribution in [0, 0.1) is 5.82 Å². The molecule has 3 rings (SSSR count). The fourth-order valence-electron chi connectivity index (χ4n) is 2.63. The highest BCUT2D eigenvalue weighted by molar-refractivity contribution is 7.89. The topological polar surface area (TPSA) is 75.3 Å². The molecule has 144 valence electrons. The zero-order valence-electron chi connectivity index (χ0n) is 14.9. The Morgan fingerprint density at radius 2 is 1.61 bits per heavy atom. The van der Waals surface area contributed by atoms with Gasteiger partial charge >= 0.3 is 0 Å². The van der Waals surface area contributed by atoms with Gasteiger partial charge in [-0.2, -0.15) is 0 Å².